The zero-order valence-corrected chi connectivity index (χ0v) is 30.5. The van der Waals surface area contributed by atoms with Crippen LogP contribution in [0.1, 0.15) is 89.2 Å². The van der Waals surface area contributed by atoms with Crippen LogP contribution in [-0.2, 0) is 25.7 Å². The van der Waals surface area contributed by atoms with Crippen LogP contribution in [0.5, 0.6) is 0 Å². The van der Waals surface area contributed by atoms with Gasteiger partial charge in [-0.2, -0.15) is 0 Å². The summed E-state index contributed by atoms with van der Waals surface area (Å²) in [4.78, 5) is 42.9. The molecular weight excluding hydrogens is 653 g/mol. The molecule has 0 saturated heterocycles. The van der Waals surface area contributed by atoms with Crippen LogP contribution in [0.15, 0.2) is 72.6 Å². The number of carboxylic acid groups (broad SMARTS) is 1. The first-order valence-corrected chi connectivity index (χ1v) is 20.4. The molecule has 1 N–H and O–H groups in total. The predicted octanol–water partition coefficient (Wildman–Crippen LogP) is 8.61. The molecule has 4 aliphatic carbocycles. The van der Waals surface area contributed by atoms with E-state index in [4.69, 9.17) is 9.84 Å². The number of rotatable bonds is 14. The van der Waals surface area contributed by atoms with Gasteiger partial charge in [0.2, 0.25) is 5.91 Å². The van der Waals surface area contributed by atoms with Crippen LogP contribution in [0.25, 0.3) is 5.57 Å². The fourth-order valence-electron chi connectivity index (χ4n) is 9.37. The van der Waals surface area contributed by atoms with Crippen LogP contribution in [0.3, 0.4) is 0 Å². The van der Waals surface area contributed by atoms with Crippen molar-refractivity contribution in [2.75, 3.05) is 18.1 Å². The molecule has 2 saturated carbocycles. The number of fused-ring (bicyclic) bond motifs is 5. The maximum absolute atomic E-state index is 12.9. The molecule has 262 valence electrons. The first-order valence-electron chi connectivity index (χ1n) is 18.0. The Morgan fingerprint density at radius 3 is 2.45 bits per heavy atom. The van der Waals surface area contributed by atoms with E-state index in [2.05, 4.69) is 43.1 Å². The molecular formula is C40H50N2O5S2. The molecule has 1 aromatic heterocycles. The molecule has 1 aromatic carbocycles. The van der Waals surface area contributed by atoms with E-state index in [1.165, 1.54) is 29.6 Å². The Kier molecular flexibility index (Phi) is 11.6. The monoisotopic (exact) mass is 702 g/mol. The Morgan fingerprint density at radius 2 is 1.69 bits per heavy atom. The van der Waals surface area contributed by atoms with Gasteiger partial charge in [-0.15, -0.1) is 0 Å². The molecule has 7 nitrogen and oxygen atoms in total. The van der Waals surface area contributed by atoms with Gasteiger partial charge in [-0.1, -0.05) is 89.6 Å². The van der Waals surface area contributed by atoms with E-state index < -0.39 is 5.97 Å². The number of carboxylic acids is 1. The van der Waals surface area contributed by atoms with Crippen LogP contribution in [0.4, 0.5) is 0 Å². The van der Waals surface area contributed by atoms with Crippen molar-refractivity contribution < 1.29 is 24.2 Å². The van der Waals surface area contributed by atoms with E-state index in [0.717, 1.165) is 37.7 Å². The Bertz CT molecular complexity index is 1550. The van der Waals surface area contributed by atoms with Crippen LogP contribution >= 0.6 is 21.6 Å². The second kappa shape index (κ2) is 15.9. The third-order valence-electron chi connectivity index (χ3n) is 11.9. The summed E-state index contributed by atoms with van der Waals surface area (Å²) >= 11 is 0. The number of allylic oxidation sites excluding steroid dienone is 3. The Balaban J connectivity index is 0.926. The summed E-state index contributed by atoms with van der Waals surface area (Å²) in [5, 5.41) is 9.12. The number of pyridine rings is 1. The topological polar surface area (TPSA) is 96.8 Å². The van der Waals surface area contributed by atoms with Crippen LogP contribution in [-0.4, -0.2) is 57.0 Å². The van der Waals surface area contributed by atoms with Crippen molar-refractivity contribution >= 4 is 45.0 Å². The lowest BCUT2D eigenvalue weighted by atomic mass is 9.47. The molecule has 9 heteroatoms. The molecule has 0 unspecified atom stereocenters. The summed E-state index contributed by atoms with van der Waals surface area (Å²) in [7, 11) is 3.16. The number of hydrogen-bond donors (Lipinski definition) is 1. The van der Waals surface area contributed by atoms with Gasteiger partial charge < -0.3 is 14.7 Å². The molecule has 2 fully saturated rings. The molecule has 6 atom stereocenters. The van der Waals surface area contributed by atoms with Gasteiger partial charge in [0.25, 0.3) is 0 Å². The van der Waals surface area contributed by atoms with Gasteiger partial charge in [0.05, 0.1) is 12.8 Å². The number of aromatic nitrogens is 1. The van der Waals surface area contributed by atoms with E-state index in [-0.39, 0.29) is 41.8 Å². The highest BCUT2D eigenvalue weighted by Crippen LogP contribution is 2.66. The van der Waals surface area contributed by atoms with Crippen molar-refractivity contribution in [3.8, 4) is 0 Å². The average molecular weight is 703 g/mol. The zero-order chi connectivity index (χ0) is 34.4. The molecule has 0 spiro atoms. The lowest BCUT2D eigenvalue weighted by Gasteiger charge is -2.57. The van der Waals surface area contributed by atoms with E-state index in [0.29, 0.717) is 48.6 Å². The number of hydrogen-bond acceptors (Lipinski definition) is 7. The summed E-state index contributed by atoms with van der Waals surface area (Å²) in [5.41, 5.74) is 5.69. The molecule has 49 heavy (non-hydrogen) atoms. The number of amides is 1. The van der Waals surface area contributed by atoms with Crippen molar-refractivity contribution in [2.45, 2.75) is 90.7 Å². The summed E-state index contributed by atoms with van der Waals surface area (Å²) in [6.45, 7) is 5.59. The summed E-state index contributed by atoms with van der Waals surface area (Å²) in [5.74, 6) is 2.19. The van der Waals surface area contributed by atoms with Gasteiger partial charge in [0.15, 0.2) is 0 Å². The van der Waals surface area contributed by atoms with Gasteiger partial charge in [0.1, 0.15) is 6.10 Å². The summed E-state index contributed by atoms with van der Waals surface area (Å²) < 4.78 is 6.02. The maximum Gasteiger partial charge on any atom is 0.306 e. The fourth-order valence-corrected chi connectivity index (χ4v) is 11.3. The van der Waals surface area contributed by atoms with Crippen molar-refractivity contribution in [1.29, 1.82) is 0 Å². The van der Waals surface area contributed by atoms with Gasteiger partial charge in [-0.3, -0.25) is 19.4 Å². The first kappa shape index (κ1) is 35.8. The highest BCUT2D eigenvalue weighted by atomic mass is 33.1. The number of carbonyl (C=O) groups is 3. The van der Waals surface area contributed by atoms with Crippen LogP contribution < -0.4 is 0 Å². The quantitative estimate of drug-likeness (QED) is 0.0905. The Morgan fingerprint density at radius 1 is 0.918 bits per heavy atom. The van der Waals surface area contributed by atoms with Crippen LogP contribution in [0.2, 0.25) is 0 Å². The minimum absolute atomic E-state index is 0.0424. The second-order valence-corrected chi connectivity index (χ2v) is 17.5. The third-order valence-corrected chi connectivity index (χ3v) is 14.4. The number of ether oxygens (including phenoxy) is 1. The lowest BCUT2D eigenvalue weighted by Crippen LogP contribution is -2.50. The summed E-state index contributed by atoms with van der Waals surface area (Å²) in [6, 6.07) is 13.9. The van der Waals surface area contributed by atoms with Crippen molar-refractivity contribution in [3.63, 3.8) is 0 Å². The highest BCUT2D eigenvalue weighted by Gasteiger charge is 2.57. The van der Waals surface area contributed by atoms with E-state index in [1.807, 2.05) is 42.7 Å². The minimum Gasteiger partial charge on any atom is -0.481 e. The molecule has 0 aliphatic heterocycles. The normalized spacial score (nSPS) is 28.7. The molecule has 1 heterocycles. The SMILES string of the molecule is C[C@]12CC[C@H](OC(=O)CCSSCCC(=O)N(CCC(=O)O)Cc3ccccc3)CC1=CC[C@@H]1[C@@H]2CC[C@]2(C)C(c3cccnc3)=CC[C@@H]12. The summed E-state index contributed by atoms with van der Waals surface area (Å²) in [6.07, 6.45) is 17.1. The second-order valence-electron chi connectivity index (χ2n) is 14.8. The number of esters is 1. The molecule has 4 aliphatic rings. The predicted molar refractivity (Wildman–Crippen MR) is 197 cm³/mol. The van der Waals surface area contributed by atoms with Crippen LogP contribution in [0, 0.1) is 28.6 Å². The molecule has 1 amide bonds. The third kappa shape index (κ3) is 8.14. The van der Waals surface area contributed by atoms with E-state index in [9.17, 15) is 14.4 Å². The van der Waals surface area contributed by atoms with Crippen molar-refractivity contribution in [1.82, 2.24) is 9.88 Å². The Hall–Kier alpha value is -3.04. The van der Waals surface area contributed by atoms with Gasteiger partial charge in [0, 0.05) is 49.8 Å². The van der Waals surface area contributed by atoms with Crippen molar-refractivity contribution in [3.05, 3.63) is 83.7 Å². The fraction of sp³-hybridized carbons (Fsp3) is 0.550. The maximum atomic E-state index is 12.9. The van der Waals surface area contributed by atoms with Gasteiger partial charge in [-0.05, 0) is 89.9 Å². The molecule has 2 aromatic rings. The Labute approximate surface area is 299 Å². The first-order chi connectivity index (χ1) is 23.7. The largest absolute Gasteiger partial charge is 0.481 e. The van der Waals surface area contributed by atoms with E-state index in [1.54, 1.807) is 26.5 Å². The number of benzene rings is 1. The molecule has 6 rings (SSSR count). The average Bonchev–Trinajstić information content (AvgIpc) is 3.46. The zero-order valence-electron chi connectivity index (χ0n) is 28.9. The van der Waals surface area contributed by atoms with Gasteiger partial charge in [-0.25, -0.2) is 0 Å². The lowest BCUT2D eigenvalue weighted by molar-refractivity contribution is -0.151. The smallest absolute Gasteiger partial charge is 0.306 e. The highest BCUT2D eigenvalue weighted by molar-refractivity contribution is 8.76. The standard InChI is InChI=1S/C40H50N2O5S2/c1-39-19-14-31(25-30(39)10-11-32-34-13-12-33(29-9-6-21-41-26-29)40(34,2)20-15-35(32)39)47-38(46)18-24-49-48-23-17-36(43)42(22-16-37(44)45)27-28-7-4-3-5-8-28/h3-10,12,21,26,31-32,34-35H,11,13-20,22-25,27H2,1-2H3,(H,44,45)/t31-,32-,34-,35-,39-,40+/m0/s1. The molecule has 0 radical (unpaired) electrons. The van der Waals surface area contributed by atoms with Crippen molar-refractivity contribution in [2.24, 2.45) is 28.6 Å². The van der Waals surface area contributed by atoms with Gasteiger partial charge >= 0.3 is 11.9 Å². The number of carbonyl (C=O) groups excluding carboxylic acids is 2. The minimum atomic E-state index is -0.913. The number of aliphatic carboxylic acids is 1. The number of nitrogens with zero attached hydrogens (tertiary/aromatic N) is 2. The molecule has 0 bridgehead atoms. The van der Waals surface area contributed by atoms with E-state index >= 15 is 0 Å².